The van der Waals surface area contributed by atoms with Gasteiger partial charge in [0.1, 0.15) is 4.75 Å². The quantitative estimate of drug-likeness (QED) is 0.443. The Morgan fingerprint density at radius 2 is 1.81 bits per heavy atom. The summed E-state index contributed by atoms with van der Waals surface area (Å²) in [6.07, 6.45) is 1.37. The van der Waals surface area contributed by atoms with Crippen LogP contribution in [0.3, 0.4) is 0 Å². The number of carbonyl (C=O) groups excluding carboxylic acids is 1. The molecule has 92 valence electrons. The van der Waals surface area contributed by atoms with Gasteiger partial charge in [-0.25, -0.2) is 4.79 Å². The predicted octanol–water partition coefficient (Wildman–Crippen LogP) is -0.590. The number of hydrogen-bond acceptors (Lipinski definition) is 4. The fraction of sp³-hybridized carbons (Fsp3) is 0.500. The number of rotatable bonds is 5. The van der Waals surface area contributed by atoms with Gasteiger partial charge in [0.25, 0.3) is 10.1 Å². The monoisotopic (exact) mass is 251 g/mol. The van der Waals surface area contributed by atoms with Crippen LogP contribution >= 0.6 is 0 Å². The van der Waals surface area contributed by atoms with Crippen molar-refractivity contribution in [3.05, 3.63) is 12.2 Å². The van der Waals surface area contributed by atoms with Crippen LogP contribution in [0, 0.1) is 0 Å². The lowest BCUT2D eigenvalue weighted by Crippen LogP contribution is -2.43. The summed E-state index contributed by atoms with van der Waals surface area (Å²) in [5.41, 5.74) is 0. The molecule has 3 N–H and O–H groups in total. The van der Waals surface area contributed by atoms with Crippen molar-refractivity contribution < 1.29 is 27.7 Å². The average molecular weight is 251 g/mol. The lowest BCUT2D eigenvalue weighted by molar-refractivity contribution is -0.131. The van der Waals surface area contributed by atoms with Gasteiger partial charge in [0.2, 0.25) is 5.91 Å². The van der Waals surface area contributed by atoms with E-state index in [1.807, 2.05) is 0 Å². The second-order valence-electron chi connectivity index (χ2n) is 3.62. The average Bonchev–Trinajstić information content (AvgIpc) is 2.09. The molecule has 1 amide bonds. The van der Waals surface area contributed by atoms with E-state index in [2.05, 4.69) is 5.32 Å². The predicted molar refractivity (Wildman–Crippen MR) is 55.4 cm³/mol. The molecule has 0 rings (SSSR count). The Labute approximate surface area is 92.9 Å². The molecule has 0 aromatic rings. The smallest absolute Gasteiger partial charge is 0.328 e. The Balaban J connectivity index is 4.38. The largest absolute Gasteiger partial charge is 0.478 e. The maximum absolute atomic E-state index is 11.0. The van der Waals surface area contributed by atoms with Crippen molar-refractivity contribution in [1.29, 1.82) is 0 Å². The molecule has 0 aliphatic heterocycles. The Morgan fingerprint density at radius 1 is 1.31 bits per heavy atom. The van der Waals surface area contributed by atoms with Crippen LogP contribution in [-0.4, -0.2) is 41.2 Å². The van der Waals surface area contributed by atoms with Crippen molar-refractivity contribution in [1.82, 2.24) is 5.32 Å². The van der Waals surface area contributed by atoms with Crippen LogP contribution in [0.25, 0.3) is 0 Å². The minimum atomic E-state index is -4.28. The highest BCUT2D eigenvalue weighted by Gasteiger charge is 2.32. The van der Waals surface area contributed by atoms with Crippen molar-refractivity contribution in [2.75, 3.05) is 6.54 Å². The third-order valence-electron chi connectivity index (χ3n) is 1.76. The van der Waals surface area contributed by atoms with E-state index in [4.69, 9.17) is 9.66 Å². The zero-order valence-corrected chi connectivity index (χ0v) is 9.61. The molecular formula is C8H13NO6S. The van der Waals surface area contributed by atoms with Gasteiger partial charge in [-0.1, -0.05) is 0 Å². The standard InChI is InChI=1S/C8H13NO6S/c1-8(2,16(13,14)15)5-9-6(10)3-4-7(11)12/h3-4H,5H2,1-2H3,(H,9,10)(H,11,12)(H,13,14,15)/b4-3-. The molecule has 0 aromatic carbocycles. The maximum atomic E-state index is 11.0. The van der Waals surface area contributed by atoms with E-state index in [9.17, 15) is 18.0 Å². The van der Waals surface area contributed by atoms with E-state index in [0.717, 1.165) is 6.08 Å². The molecule has 0 heterocycles. The van der Waals surface area contributed by atoms with Crippen LogP contribution in [0.15, 0.2) is 12.2 Å². The summed E-state index contributed by atoms with van der Waals surface area (Å²) in [6.45, 7) is 2.13. The second kappa shape index (κ2) is 5.08. The lowest BCUT2D eigenvalue weighted by Gasteiger charge is -2.20. The molecule has 0 aromatic heterocycles. The molecule has 0 aliphatic carbocycles. The number of amides is 1. The number of carbonyl (C=O) groups is 2. The zero-order valence-electron chi connectivity index (χ0n) is 8.80. The molecule has 0 unspecified atom stereocenters. The summed E-state index contributed by atoms with van der Waals surface area (Å²) in [4.78, 5) is 21.0. The molecule has 0 atom stereocenters. The first-order valence-electron chi connectivity index (χ1n) is 4.22. The molecule has 0 radical (unpaired) electrons. The fourth-order valence-corrected chi connectivity index (χ4v) is 0.852. The van der Waals surface area contributed by atoms with Crippen LogP contribution < -0.4 is 5.32 Å². The van der Waals surface area contributed by atoms with Crippen molar-refractivity contribution in [3.8, 4) is 0 Å². The summed E-state index contributed by atoms with van der Waals surface area (Å²) >= 11 is 0. The van der Waals surface area contributed by atoms with Gasteiger partial charge in [-0.05, 0) is 13.8 Å². The number of carboxylic acids is 1. The van der Waals surface area contributed by atoms with Gasteiger partial charge in [0, 0.05) is 18.7 Å². The van der Waals surface area contributed by atoms with E-state index in [1.165, 1.54) is 13.8 Å². The van der Waals surface area contributed by atoms with Crippen LogP contribution in [0.1, 0.15) is 13.8 Å². The molecule has 0 fully saturated rings. The third kappa shape index (κ3) is 4.89. The summed E-state index contributed by atoms with van der Waals surface area (Å²) < 4.78 is 28.9. The first-order chi connectivity index (χ1) is 7.06. The molecule has 0 spiro atoms. The van der Waals surface area contributed by atoms with E-state index in [1.54, 1.807) is 0 Å². The number of carboxylic acid groups (broad SMARTS) is 1. The number of hydrogen-bond donors (Lipinski definition) is 3. The summed E-state index contributed by atoms with van der Waals surface area (Å²) in [5, 5.41) is 10.4. The van der Waals surface area contributed by atoms with Gasteiger partial charge in [-0.3, -0.25) is 9.35 Å². The van der Waals surface area contributed by atoms with Gasteiger partial charge in [-0.2, -0.15) is 8.42 Å². The molecule has 16 heavy (non-hydrogen) atoms. The molecule has 0 bridgehead atoms. The minimum absolute atomic E-state index is 0.325. The molecule has 8 heteroatoms. The highest BCUT2D eigenvalue weighted by atomic mass is 32.2. The number of aliphatic carboxylic acids is 1. The highest BCUT2D eigenvalue weighted by molar-refractivity contribution is 7.87. The molecule has 0 saturated heterocycles. The van der Waals surface area contributed by atoms with Gasteiger partial charge in [0.15, 0.2) is 0 Å². The second-order valence-corrected chi connectivity index (χ2v) is 5.68. The van der Waals surface area contributed by atoms with Gasteiger partial charge in [0.05, 0.1) is 0 Å². The Morgan fingerprint density at radius 3 is 2.19 bits per heavy atom. The lowest BCUT2D eigenvalue weighted by atomic mass is 10.2. The Bertz CT molecular complexity index is 408. The van der Waals surface area contributed by atoms with Gasteiger partial charge < -0.3 is 10.4 Å². The first-order valence-corrected chi connectivity index (χ1v) is 5.66. The minimum Gasteiger partial charge on any atom is -0.478 e. The first kappa shape index (κ1) is 14.6. The van der Waals surface area contributed by atoms with Gasteiger partial charge in [-0.15, -0.1) is 0 Å². The van der Waals surface area contributed by atoms with Crippen LogP contribution in [-0.2, 0) is 19.7 Å². The van der Waals surface area contributed by atoms with Crippen LogP contribution in [0.2, 0.25) is 0 Å². The van der Waals surface area contributed by atoms with Crippen LogP contribution in [0.5, 0.6) is 0 Å². The third-order valence-corrected chi connectivity index (χ3v) is 3.30. The number of nitrogens with one attached hydrogen (secondary N) is 1. The van der Waals surface area contributed by atoms with E-state index in [-0.39, 0.29) is 6.54 Å². The van der Waals surface area contributed by atoms with E-state index >= 15 is 0 Å². The van der Waals surface area contributed by atoms with E-state index < -0.39 is 26.7 Å². The van der Waals surface area contributed by atoms with Gasteiger partial charge >= 0.3 is 5.97 Å². The summed E-state index contributed by atoms with van der Waals surface area (Å²) in [7, 11) is -4.28. The van der Waals surface area contributed by atoms with Crippen LogP contribution in [0.4, 0.5) is 0 Å². The highest BCUT2D eigenvalue weighted by Crippen LogP contribution is 2.12. The summed E-state index contributed by atoms with van der Waals surface area (Å²) in [6, 6.07) is 0. The van der Waals surface area contributed by atoms with Crippen molar-refractivity contribution in [2.24, 2.45) is 0 Å². The fourth-order valence-electron chi connectivity index (χ4n) is 0.597. The molecule has 7 nitrogen and oxygen atoms in total. The van der Waals surface area contributed by atoms with Crippen molar-refractivity contribution in [2.45, 2.75) is 18.6 Å². The van der Waals surface area contributed by atoms with E-state index in [0.29, 0.717) is 6.08 Å². The summed E-state index contributed by atoms with van der Waals surface area (Å²) in [5.74, 6) is -2.04. The molecule has 0 aliphatic rings. The topological polar surface area (TPSA) is 121 Å². The SMILES string of the molecule is CC(C)(CNC(=O)/C=C\C(=O)O)S(=O)(=O)O. The maximum Gasteiger partial charge on any atom is 0.328 e. The molecular weight excluding hydrogens is 238 g/mol. The van der Waals surface area contributed by atoms with Crippen molar-refractivity contribution >= 4 is 22.0 Å². The molecule has 0 saturated carbocycles. The zero-order chi connectivity index (χ0) is 13.0. The van der Waals surface area contributed by atoms with Crippen molar-refractivity contribution in [3.63, 3.8) is 0 Å². The Kier molecular flexibility index (Phi) is 4.63. The normalized spacial score (nSPS) is 12.7. The Hall–Kier alpha value is -1.41.